The fraction of sp³-hybridized carbons (Fsp3) is 0.481. The second-order valence-corrected chi connectivity index (χ2v) is 19.7. The summed E-state index contributed by atoms with van der Waals surface area (Å²) in [6.45, 7) is 3.36. The van der Waals surface area contributed by atoms with E-state index in [0.717, 1.165) is 27.8 Å². The molecule has 408 valence electrons. The molecule has 0 saturated heterocycles. The van der Waals surface area contributed by atoms with Crippen LogP contribution in [0.15, 0.2) is 77.8 Å². The molecule has 7 atom stereocenters. The van der Waals surface area contributed by atoms with E-state index in [1.807, 2.05) is 49.4 Å². The second-order valence-electron chi connectivity index (χ2n) is 19.7. The lowest BCUT2D eigenvalue weighted by Gasteiger charge is -2.43. The van der Waals surface area contributed by atoms with Gasteiger partial charge in [-0.3, -0.25) is 48.1 Å². The van der Waals surface area contributed by atoms with Gasteiger partial charge in [-0.05, 0) is 78.5 Å². The third kappa shape index (κ3) is 14.9. The van der Waals surface area contributed by atoms with Crippen LogP contribution in [0.4, 0.5) is 0 Å². The van der Waals surface area contributed by atoms with Crippen molar-refractivity contribution in [3.05, 3.63) is 106 Å². The first-order valence-electron chi connectivity index (χ1n) is 26.0. The van der Waals surface area contributed by atoms with Crippen molar-refractivity contribution in [2.45, 2.75) is 153 Å². The highest BCUT2D eigenvalue weighted by Gasteiger charge is 2.46. The molecule has 0 aliphatic carbocycles. The number of rotatable bonds is 24. The Morgan fingerprint density at radius 2 is 1.04 bits per heavy atom. The summed E-state index contributed by atoms with van der Waals surface area (Å²) in [7, 11) is 0. The van der Waals surface area contributed by atoms with Crippen LogP contribution in [0.3, 0.4) is 0 Å². The quantitative estimate of drug-likeness (QED) is 0.0328. The SMILES string of the molecule is CCCC[C@H](NC(C)=O)C(=O)N[C@@H](CC(=O)O)C(=O)N1Cc2ccccc2C[C@H]1C(=O)N1Cc2ccccc2C[C@@H]1C(=O)N[C@@H](CCCN=C(N)N)C(=O)N1Cc2ccccc2C[C@H]1C(=O)N[C@@H](CCCCN)C(N)=O. The van der Waals surface area contributed by atoms with Crippen molar-refractivity contribution in [3.8, 4) is 0 Å². The topological polar surface area (TPSA) is 348 Å². The number of hydrogen-bond acceptors (Lipinski definition) is 11. The number of nitrogens with zero attached hydrogens (tertiary/aromatic N) is 4. The molecule has 3 aliphatic rings. The predicted octanol–water partition coefficient (Wildman–Crippen LogP) is 0.139. The number of carbonyl (C=O) groups excluding carboxylic acids is 8. The zero-order valence-electron chi connectivity index (χ0n) is 43.2. The van der Waals surface area contributed by atoms with Crippen LogP contribution in [0.5, 0.6) is 0 Å². The second kappa shape index (κ2) is 27.1. The molecule has 3 aromatic rings. The first-order chi connectivity index (χ1) is 36.4. The maximum atomic E-state index is 15.5. The number of fused-ring (bicyclic) bond motifs is 3. The molecule has 0 saturated carbocycles. The fourth-order valence-electron chi connectivity index (χ4n) is 10.2. The van der Waals surface area contributed by atoms with Gasteiger partial charge < -0.3 is 64.0 Å². The molecule has 3 aromatic carbocycles. The standard InChI is InChI=1S/C54H72N12O10/c1-3-4-20-40(60-32(2)67)48(71)63-42(28-46(68)69)52(75)66-31-38-19-10-7-16-35(38)27-45(66)53(76)65-30-37-18-9-6-15-34(37)26-44(65)50(73)62-41(22-13-24-59-54(57)58)51(74)64-29-36-17-8-5-14-33(36)25-43(64)49(72)61-39(47(56)70)21-11-12-23-55/h5-10,14-19,39-45H,3-4,11-13,20-31,55H2,1-2H3,(H2,56,70)(H,60,67)(H,61,72)(H,62,73)(H,63,71)(H,68,69)(H4,57,58,59)/t39-,40-,41-,42-,43-,44+,45-/m0/s1. The third-order valence-electron chi connectivity index (χ3n) is 14.2. The molecule has 8 amide bonds. The average Bonchev–Trinajstić information content (AvgIpc) is 3.42. The number of nitrogens with one attached hydrogen (secondary N) is 4. The van der Waals surface area contributed by atoms with E-state index in [1.165, 1.54) is 21.6 Å². The van der Waals surface area contributed by atoms with Crippen LogP contribution in [0, 0.1) is 0 Å². The Morgan fingerprint density at radius 1 is 0.579 bits per heavy atom. The van der Waals surface area contributed by atoms with Gasteiger partial charge in [0.25, 0.3) is 0 Å². The van der Waals surface area contributed by atoms with Crippen molar-refractivity contribution in [1.82, 2.24) is 36.0 Å². The largest absolute Gasteiger partial charge is 0.481 e. The average molecular weight is 1050 g/mol. The molecule has 0 unspecified atom stereocenters. The Morgan fingerprint density at radius 3 is 1.54 bits per heavy atom. The third-order valence-corrected chi connectivity index (χ3v) is 14.2. The lowest BCUT2D eigenvalue weighted by atomic mass is 9.89. The molecular weight excluding hydrogens is 977 g/mol. The van der Waals surface area contributed by atoms with Gasteiger partial charge in [-0.25, -0.2) is 0 Å². The first-order valence-corrected chi connectivity index (χ1v) is 26.0. The van der Waals surface area contributed by atoms with E-state index in [0.29, 0.717) is 37.8 Å². The molecular formula is C54H72N12O10. The minimum Gasteiger partial charge on any atom is -0.481 e. The summed E-state index contributed by atoms with van der Waals surface area (Å²) in [6.07, 6.45) is 2.24. The maximum Gasteiger partial charge on any atom is 0.305 e. The zero-order chi connectivity index (χ0) is 55.1. The summed E-state index contributed by atoms with van der Waals surface area (Å²) in [6, 6.07) is 13.0. The van der Waals surface area contributed by atoms with Gasteiger partial charge >= 0.3 is 5.97 Å². The molecule has 0 fully saturated rings. The summed E-state index contributed by atoms with van der Waals surface area (Å²) < 4.78 is 0. The Kier molecular flexibility index (Phi) is 20.4. The number of primary amides is 1. The number of unbranched alkanes of at least 4 members (excludes halogenated alkanes) is 2. The van der Waals surface area contributed by atoms with Gasteiger partial charge in [0.1, 0.15) is 42.3 Å². The molecule has 76 heavy (non-hydrogen) atoms. The summed E-state index contributed by atoms with van der Waals surface area (Å²) in [5, 5.41) is 20.9. The van der Waals surface area contributed by atoms with Crippen molar-refractivity contribution in [1.29, 1.82) is 0 Å². The van der Waals surface area contributed by atoms with Crippen molar-refractivity contribution < 1.29 is 48.3 Å². The Balaban J connectivity index is 1.35. The van der Waals surface area contributed by atoms with Crippen molar-refractivity contribution in [2.75, 3.05) is 13.1 Å². The van der Waals surface area contributed by atoms with E-state index in [4.69, 9.17) is 22.9 Å². The predicted molar refractivity (Wildman–Crippen MR) is 281 cm³/mol. The van der Waals surface area contributed by atoms with Gasteiger partial charge in [0.15, 0.2) is 5.96 Å². The highest BCUT2D eigenvalue weighted by molar-refractivity contribution is 5.99. The number of aliphatic imine (C=N–C) groups is 1. The van der Waals surface area contributed by atoms with Crippen LogP contribution in [0.25, 0.3) is 0 Å². The van der Waals surface area contributed by atoms with Crippen LogP contribution in [0.2, 0.25) is 0 Å². The van der Waals surface area contributed by atoms with E-state index in [-0.39, 0.29) is 77.1 Å². The molecule has 3 heterocycles. The molecule has 3 aliphatic heterocycles. The number of amides is 8. The summed E-state index contributed by atoms with van der Waals surface area (Å²) in [5.74, 6) is -7.03. The van der Waals surface area contributed by atoms with Crippen molar-refractivity contribution in [2.24, 2.45) is 27.9 Å². The monoisotopic (exact) mass is 1050 g/mol. The Hall–Kier alpha value is -7.88. The van der Waals surface area contributed by atoms with E-state index in [1.54, 1.807) is 30.3 Å². The fourth-order valence-corrected chi connectivity index (χ4v) is 10.2. The van der Waals surface area contributed by atoms with Gasteiger partial charge in [-0.1, -0.05) is 92.6 Å². The molecule has 13 N–H and O–H groups in total. The molecule has 0 spiro atoms. The maximum absolute atomic E-state index is 15.5. The number of carboxylic acid groups (broad SMARTS) is 1. The number of nitrogens with two attached hydrogens (primary N) is 4. The molecule has 0 aromatic heterocycles. The number of aliphatic carboxylic acids is 1. The minimum absolute atomic E-state index is 0.000682. The van der Waals surface area contributed by atoms with Crippen LogP contribution in [-0.4, -0.2) is 134 Å². The van der Waals surface area contributed by atoms with Crippen molar-refractivity contribution >= 4 is 59.2 Å². The lowest BCUT2D eigenvalue weighted by molar-refractivity contribution is -0.154. The summed E-state index contributed by atoms with van der Waals surface area (Å²) in [5.41, 5.74) is 27.2. The normalized spacial score (nSPS) is 18.2. The van der Waals surface area contributed by atoms with Gasteiger partial charge in [0.05, 0.1) is 6.42 Å². The molecule has 22 heteroatoms. The van der Waals surface area contributed by atoms with Crippen LogP contribution >= 0.6 is 0 Å². The van der Waals surface area contributed by atoms with Gasteiger partial charge in [0.2, 0.25) is 47.3 Å². The number of guanidine groups is 1. The van der Waals surface area contributed by atoms with Gasteiger partial charge in [-0.15, -0.1) is 0 Å². The van der Waals surface area contributed by atoms with Crippen molar-refractivity contribution in [3.63, 3.8) is 0 Å². The smallest absolute Gasteiger partial charge is 0.305 e. The van der Waals surface area contributed by atoms with E-state index in [9.17, 15) is 33.9 Å². The highest BCUT2D eigenvalue weighted by atomic mass is 16.4. The van der Waals surface area contributed by atoms with E-state index in [2.05, 4.69) is 26.3 Å². The molecule has 0 bridgehead atoms. The van der Waals surface area contributed by atoms with Crippen LogP contribution < -0.4 is 44.2 Å². The summed E-state index contributed by atoms with van der Waals surface area (Å²) >= 11 is 0. The lowest BCUT2D eigenvalue weighted by Crippen LogP contribution is -2.64. The van der Waals surface area contributed by atoms with Crippen LogP contribution in [0.1, 0.15) is 105 Å². The number of benzene rings is 3. The first kappa shape index (κ1) is 57.4. The molecule has 22 nitrogen and oxygen atoms in total. The molecule has 0 radical (unpaired) electrons. The van der Waals surface area contributed by atoms with Crippen LogP contribution in [-0.2, 0) is 82.0 Å². The Bertz CT molecular complexity index is 2660. The summed E-state index contributed by atoms with van der Waals surface area (Å²) in [4.78, 5) is 134. The molecule has 6 rings (SSSR count). The minimum atomic E-state index is -1.65. The number of carboxylic acids is 1. The van der Waals surface area contributed by atoms with E-state index >= 15 is 14.4 Å². The number of hydrogen-bond donors (Lipinski definition) is 9. The van der Waals surface area contributed by atoms with Gasteiger partial charge in [-0.2, -0.15) is 0 Å². The zero-order valence-corrected chi connectivity index (χ0v) is 43.2. The number of carbonyl (C=O) groups is 9. The van der Waals surface area contributed by atoms with E-state index < -0.39 is 102 Å². The van der Waals surface area contributed by atoms with Gasteiger partial charge in [0, 0.05) is 52.4 Å². The Labute approximate surface area is 442 Å². The highest BCUT2D eigenvalue weighted by Crippen LogP contribution is 2.31.